The van der Waals surface area contributed by atoms with Crippen molar-refractivity contribution in [3.63, 3.8) is 0 Å². The van der Waals surface area contributed by atoms with E-state index in [9.17, 15) is 0 Å². The summed E-state index contributed by atoms with van der Waals surface area (Å²) in [6, 6.07) is 5.67. The second-order valence-electron chi connectivity index (χ2n) is 2.25. The number of nitrogens with zero attached hydrogens (tertiary/aromatic N) is 2. The summed E-state index contributed by atoms with van der Waals surface area (Å²) in [5, 5.41) is 8.78. The second kappa shape index (κ2) is 4.73. The molecule has 0 atom stereocenters. The number of methoxy groups -OCH3 is 1. The van der Waals surface area contributed by atoms with Crippen LogP contribution >= 0.6 is 11.8 Å². The highest BCUT2D eigenvalue weighted by molar-refractivity contribution is 7.99. The third-order valence-electron chi connectivity index (χ3n) is 1.45. The molecule has 1 heterocycles. The highest BCUT2D eigenvalue weighted by Crippen LogP contribution is 2.22. The van der Waals surface area contributed by atoms with Crippen LogP contribution in [0.1, 0.15) is 12.6 Å². The molecule has 0 saturated heterocycles. The van der Waals surface area contributed by atoms with E-state index in [0.717, 1.165) is 10.6 Å². The van der Waals surface area contributed by atoms with Gasteiger partial charge in [-0.3, -0.25) is 0 Å². The van der Waals surface area contributed by atoms with E-state index in [4.69, 9.17) is 10.00 Å². The molecule has 0 aliphatic carbocycles. The van der Waals surface area contributed by atoms with Gasteiger partial charge in [-0.1, -0.05) is 6.92 Å². The number of pyridine rings is 1. The number of ether oxygens (including phenoxy) is 1. The van der Waals surface area contributed by atoms with Gasteiger partial charge in [-0.05, 0) is 11.8 Å². The van der Waals surface area contributed by atoms with Crippen LogP contribution in [0, 0.1) is 11.3 Å². The Morgan fingerprint density at radius 1 is 1.62 bits per heavy atom. The Kier molecular flexibility index (Phi) is 3.59. The Labute approximate surface area is 81.7 Å². The maximum Gasteiger partial charge on any atom is 0.214 e. The molecule has 0 radical (unpaired) electrons. The highest BCUT2D eigenvalue weighted by Gasteiger charge is 2.04. The fourth-order valence-corrected chi connectivity index (χ4v) is 1.60. The van der Waals surface area contributed by atoms with E-state index < -0.39 is 0 Å². The predicted molar refractivity (Wildman–Crippen MR) is 51.9 cm³/mol. The Bertz CT molecular complexity index is 333. The average molecular weight is 194 g/mol. The van der Waals surface area contributed by atoms with Crippen molar-refractivity contribution in [2.45, 2.75) is 11.8 Å². The van der Waals surface area contributed by atoms with Gasteiger partial charge >= 0.3 is 0 Å². The van der Waals surface area contributed by atoms with Gasteiger partial charge in [-0.2, -0.15) is 5.26 Å². The molecule has 0 amide bonds. The molecule has 0 spiro atoms. The molecule has 0 unspecified atom stereocenters. The molecule has 4 heteroatoms. The summed E-state index contributed by atoms with van der Waals surface area (Å²) < 4.78 is 4.92. The Balaban J connectivity index is 3.02. The first-order chi connectivity index (χ1) is 6.31. The minimum absolute atomic E-state index is 0.436. The maximum atomic E-state index is 8.78. The number of rotatable bonds is 3. The monoisotopic (exact) mass is 194 g/mol. The van der Waals surface area contributed by atoms with Gasteiger partial charge in [-0.25, -0.2) is 4.98 Å². The van der Waals surface area contributed by atoms with Crippen molar-refractivity contribution >= 4 is 11.8 Å². The van der Waals surface area contributed by atoms with Crippen LogP contribution in [-0.2, 0) is 0 Å². The van der Waals surface area contributed by atoms with Crippen molar-refractivity contribution in [2.24, 2.45) is 0 Å². The standard InChI is InChI=1S/C9H10N2OS/c1-3-13-8-4-5-9(12-2)11-7(8)6-10/h4-5H,3H2,1-2H3. The minimum atomic E-state index is 0.436. The molecule has 0 fully saturated rings. The lowest BCUT2D eigenvalue weighted by atomic mass is 10.4. The molecule has 0 saturated carbocycles. The molecular formula is C9H10N2OS. The zero-order valence-corrected chi connectivity index (χ0v) is 8.39. The third-order valence-corrected chi connectivity index (χ3v) is 2.38. The van der Waals surface area contributed by atoms with Crippen molar-refractivity contribution in [3.05, 3.63) is 17.8 Å². The molecule has 0 aromatic carbocycles. The molecule has 0 bridgehead atoms. The molecule has 1 aromatic rings. The summed E-state index contributed by atoms with van der Waals surface area (Å²) in [6.45, 7) is 2.04. The number of aromatic nitrogens is 1. The van der Waals surface area contributed by atoms with Gasteiger partial charge in [0.15, 0.2) is 5.69 Å². The fourth-order valence-electron chi connectivity index (χ4n) is 0.894. The lowest BCUT2D eigenvalue weighted by Gasteiger charge is -2.02. The Morgan fingerprint density at radius 2 is 2.38 bits per heavy atom. The van der Waals surface area contributed by atoms with Crippen molar-refractivity contribution < 1.29 is 4.74 Å². The van der Waals surface area contributed by atoms with Crippen LogP contribution < -0.4 is 4.74 Å². The van der Waals surface area contributed by atoms with Gasteiger partial charge < -0.3 is 4.74 Å². The van der Waals surface area contributed by atoms with Gasteiger partial charge in [0.1, 0.15) is 6.07 Å². The zero-order chi connectivity index (χ0) is 9.68. The average Bonchev–Trinajstić information content (AvgIpc) is 2.19. The Hall–Kier alpha value is -1.21. The molecular weight excluding hydrogens is 184 g/mol. The molecule has 68 valence electrons. The first-order valence-corrected chi connectivity index (χ1v) is 4.88. The summed E-state index contributed by atoms with van der Waals surface area (Å²) in [4.78, 5) is 4.93. The molecule has 0 aliphatic heterocycles. The largest absolute Gasteiger partial charge is 0.481 e. The summed E-state index contributed by atoms with van der Waals surface area (Å²) in [5.41, 5.74) is 0.436. The second-order valence-corrected chi connectivity index (χ2v) is 3.55. The quantitative estimate of drug-likeness (QED) is 0.691. The van der Waals surface area contributed by atoms with Crippen LogP contribution in [0.5, 0.6) is 5.88 Å². The van der Waals surface area contributed by atoms with E-state index >= 15 is 0 Å². The smallest absolute Gasteiger partial charge is 0.214 e. The van der Waals surface area contributed by atoms with Gasteiger partial charge in [0.2, 0.25) is 5.88 Å². The summed E-state index contributed by atoms with van der Waals surface area (Å²) in [5.74, 6) is 1.42. The molecule has 3 nitrogen and oxygen atoms in total. The van der Waals surface area contributed by atoms with Gasteiger partial charge in [-0.15, -0.1) is 11.8 Å². The third kappa shape index (κ3) is 2.36. The van der Waals surface area contributed by atoms with Crippen LogP contribution in [0.4, 0.5) is 0 Å². The number of thioether (sulfide) groups is 1. The van der Waals surface area contributed by atoms with Crippen molar-refractivity contribution in [2.75, 3.05) is 12.9 Å². The number of hydrogen-bond acceptors (Lipinski definition) is 4. The zero-order valence-electron chi connectivity index (χ0n) is 7.57. The summed E-state index contributed by atoms with van der Waals surface area (Å²) in [6.07, 6.45) is 0. The predicted octanol–water partition coefficient (Wildman–Crippen LogP) is 2.07. The van der Waals surface area contributed by atoms with Crippen LogP contribution in [0.2, 0.25) is 0 Å². The number of nitriles is 1. The summed E-state index contributed by atoms with van der Waals surface area (Å²) >= 11 is 1.61. The van der Waals surface area contributed by atoms with Crippen LogP contribution in [0.3, 0.4) is 0 Å². The van der Waals surface area contributed by atoms with E-state index in [1.807, 2.05) is 19.1 Å². The van der Waals surface area contributed by atoms with E-state index in [0.29, 0.717) is 11.6 Å². The summed E-state index contributed by atoms with van der Waals surface area (Å²) in [7, 11) is 1.54. The molecule has 0 N–H and O–H groups in total. The minimum Gasteiger partial charge on any atom is -0.481 e. The maximum absolute atomic E-state index is 8.78. The van der Waals surface area contributed by atoms with Gasteiger partial charge in [0.05, 0.1) is 7.11 Å². The first-order valence-electron chi connectivity index (χ1n) is 3.89. The lowest BCUT2D eigenvalue weighted by molar-refractivity contribution is 0.397. The van der Waals surface area contributed by atoms with Crippen LogP contribution in [0.15, 0.2) is 17.0 Å². The van der Waals surface area contributed by atoms with E-state index in [1.54, 1.807) is 17.8 Å². The van der Waals surface area contributed by atoms with E-state index in [2.05, 4.69) is 4.98 Å². The topological polar surface area (TPSA) is 45.9 Å². The highest BCUT2D eigenvalue weighted by atomic mass is 32.2. The lowest BCUT2D eigenvalue weighted by Crippen LogP contribution is -1.92. The fraction of sp³-hybridized carbons (Fsp3) is 0.333. The molecule has 0 aliphatic rings. The van der Waals surface area contributed by atoms with Crippen molar-refractivity contribution in [1.82, 2.24) is 4.98 Å². The van der Waals surface area contributed by atoms with Gasteiger partial charge in [0, 0.05) is 11.0 Å². The van der Waals surface area contributed by atoms with E-state index in [-0.39, 0.29) is 0 Å². The van der Waals surface area contributed by atoms with Gasteiger partial charge in [0.25, 0.3) is 0 Å². The number of hydrogen-bond donors (Lipinski definition) is 0. The van der Waals surface area contributed by atoms with Crippen LogP contribution in [0.25, 0.3) is 0 Å². The molecule has 13 heavy (non-hydrogen) atoms. The normalized spacial score (nSPS) is 9.31. The SMILES string of the molecule is CCSc1ccc(OC)nc1C#N. The van der Waals surface area contributed by atoms with Crippen molar-refractivity contribution in [3.8, 4) is 11.9 Å². The first kappa shape index (κ1) is 9.87. The van der Waals surface area contributed by atoms with Crippen molar-refractivity contribution in [1.29, 1.82) is 5.26 Å². The van der Waals surface area contributed by atoms with Crippen LogP contribution in [-0.4, -0.2) is 17.8 Å². The Morgan fingerprint density at radius 3 is 2.92 bits per heavy atom. The van der Waals surface area contributed by atoms with E-state index in [1.165, 1.54) is 7.11 Å². The molecule has 1 rings (SSSR count). The molecule has 1 aromatic heterocycles.